The first-order chi connectivity index (χ1) is 31.2. The molecule has 0 fully saturated rings. The first-order valence-corrected chi connectivity index (χ1v) is 27.7. The van der Waals surface area contributed by atoms with E-state index < -0.39 is 0 Å². The lowest BCUT2D eigenvalue weighted by Gasteiger charge is -2.31. The SMILES string of the molecule is [B]c1sc(-c2ccc(-c3cc(OCC(CC)CCCC)c(-c4ccc(-c5scc6c5OCC(CCCC)(CCCC)CO6)s4)cc3OC)s2)c2c1OCC(CCCC)(CCCC)CO2. The molecular weight excluding hydrogens is 872 g/mol. The highest BCUT2D eigenvalue weighted by molar-refractivity contribution is 7.28. The molecule has 0 amide bonds. The van der Waals surface area contributed by atoms with Crippen LogP contribution in [0.15, 0.2) is 41.8 Å². The van der Waals surface area contributed by atoms with Crippen LogP contribution in [-0.2, 0) is 0 Å². The van der Waals surface area contributed by atoms with Gasteiger partial charge in [0.2, 0.25) is 0 Å². The molecule has 1 atom stereocenters. The summed E-state index contributed by atoms with van der Waals surface area (Å²) >= 11 is 6.76. The average molecular weight is 943 g/mol. The average Bonchev–Trinajstić information content (AvgIpc) is 4.11. The van der Waals surface area contributed by atoms with Gasteiger partial charge in [0.1, 0.15) is 19.3 Å². The number of benzene rings is 1. The monoisotopic (exact) mass is 942 g/mol. The Labute approximate surface area is 401 Å². The van der Waals surface area contributed by atoms with Crippen LogP contribution in [0.1, 0.15) is 144 Å². The van der Waals surface area contributed by atoms with Crippen molar-refractivity contribution in [1.82, 2.24) is 0 Å². The van der Waals surface area contributed by atoms with Crippen molar-refractivity contribution >= 4 is 58.0 Å². The highest BCUT2D eigenvalue weighted by Gasteiger charge is 2.38. The highest BCUT2D eigenvalue weighted by atomic mass is 32.1. The van der Waals surface area contributed by atoms with E-state index in [1.54, 1.807) is 52.5 Å². The van der Waals surface area contributed by atoms with E-state index >= 15 is 0 Å². The Morgan fingerprint density at radius 3 is 1.66 bits per heavy atom. The van der Waals surface area contributed by atoms with Crippen molar-refractivity contribution in [3.05, 3.63) is 41.8 Å². The molecule has 6 heterocycles. The highest BCUT2D eigenvalue weighted by Crippen LogP contribution is 2.54. The number of hydrogen-bond donors (Lipinski definition) is 0. The molecule has 0 spiro atoms. The van der Waals surface area contributed by atoms with Crippen molar-refractivity contribution in [1.29, 1.82) is 0 Å². The van der Waals surface area contributed by atoms with E-state index in [-0.39, 0.29) is 10.8 Å². The van der Waals surface area contributed by atoms with E-state index in [0.29, 0.717) is 49.5 Å². The van der Waals surface area contributed by atoms with E-state index in [1.807, 2.05) is 0 Å². The van der Waals surface area contributed by atoms with Gasteiger partial charge in [0.25, 0.3) is 0 Å². The van der Waals surface area contributed by atoms with Gasteiger partial charge in [-0.05, 0) is 79.2 Å². The second-order valence-corrected chi connectivity index (χ2v) is 22.5. The van der Waals surface area contributed by atoms with Gasteiger partial charge in [-0.15, -0.1) is 45.3 Å². The first kappa shape index (κ1) is 48.8. The number of methoxy groups -OCH3 is 1. The molecule has 0 bridgehead atoms. The van der Waals surface area contributed by atoms with Gasteiger partial charge in [0.05, 0.1) is 49.9 Å². The number of rotatable bonds is 24. The van der Waals surface area contributed by atoms with E-state index in [4.69, 9.17) is 36.3 Å². The summed E-state index contributed by atoms with van der Waals surface area (Å²) in [6.45, 7) is 17.0. The largest absolute Gasteiger partial charge is 0.496 e. The molecule has 11 heteroatoms. The summed E-state index contributed by atoms with van der Waals surface area (Å²) in [7, 11) is 8.47. The molecule has 346 valence electrons. The Balaban J connectivity index is 1.20. The van der Waals surface area contributed by atoms with Crippen molar-refractivity contribution in [3.63, 3.8) is 0 Å². The summed E-state index contributed by atoms with van der Waals surface area (Å²) in [5, 5.41) is 2.14. The van der Waals surface area contributed by atoms with Crippen LogP contribution < -0.4 is 33.2 Å². The first-order valence-electron chi connectivity index (χ1n) is 24.3. The molecule has 6 nitrogen and oxygen atoms in total. The molecule has 1 aromatic carbocycles. The molecule has 7 rings (SSSR count). The number of hydrogen-bond acceptors (Lipinski definition) is 10. The quantitative estimate of drug-likeness (QED) is 0.0575. The summed E-state index contributed by atoms with van der Waals surface area (Å²) in [5.74, 6) is 5.42. The van der Waals surface area contributed by atoms with Crippen LogP contribution in [0.2, 0.25) is 0 Å². The molecule has 0 N–H and O–H groups in total. The lowest BCUT2D eigenvalue weighted by molar-refractivity contribution is 0.0795. The molecule has 4 aromatic heterocycles. The summed E-state index contributed by atoms with van der Waals surface area (Å²) in [4.78, 5) is 6.64. The Morgan fingerprint density at radius 1 is 0.594 bits per heavy atom. The fourth-order valence-corrected chi connectivity index (χ4v) is 13.3. The fourth-order valence-electron chi connectivity index (χ4n) is 9.16. The van der Waals surface area contributed by atoms with E-state index in [0.717, 1.165) is 128 Å². The Bertz CT molecular complexity index is 2220. The normalized spacial score (nSPS) is 15.7. The zero-order valence-electron chi connectivity index (χ0n) is 39.6. The zero-order valence-corrected chi connectivity index (χ0v) is 42.9. The molecule has 64 heavy (non-hydrogen) atoms. The van der Waals surface area contributed by atoms with E-state index in [2.05, 4.69) is 83.3 Å². The Hall–Kier alpha value is -3.12. The van der Waals surface area contributed by atoms with Gasteiger partial charge >= 0.3 is 0 Å². The smallest absolute Gasteiger partial charge is 0.180 e. The standard InChI is InChI=1S/C53H71BO6S4/c1-8-14-19-36(13-6)30-56-40-29-37(42-21-23-45(63-42)50-47-48(51(54)64-50)60-35-53(34-59-47,26-17-11-4)27-18-12-5)39(55-7)28-38(40)43-20-22-44(62-43)49-46-41(31-61-49)57-32-52(33-58-46,24-15-9-2)25-16-10-3/h20-23,28-29,31,36H,8-19,24-27,30,32-35H2,1-7H3. The lowest BCUT2D eigenvalue weighted by atomic mass is 9.79. The minimum Gasteiger partial charge on any atom is -0.496 e. The van der Waals surface area contributed by atoms with Crippen molar-refractivity contribution in [2.45, 2.75) is 144 Å². The number of ether oxygens (including phenoxy) is 6. The molecular formula is C53H71BO6S4. The minimum absolute atomic E-state index is 0.00517. The van der Waals surface area contributed by atoms with Crippen LogP contribution in [0.4, 0.5) is 0 Å². The molecule has 0 saturated carbocycles. The molecule has 2 radical (unpaired) electrons. The predicted molar refractivity (Wildman–Crippen MR) is 275 cm³/mol. The Kier molecular flexibility index (Phi) is 17.6. The van der Waals surface area contributed by atoms with E-state index in [9.17, 15) is 0 Å². The van der Waals surface area contributed by atoms with Crippen LogP contribution in [0.3, 0.4) is 0 Å². The summed E-state index contributed by atoms with van der Waals surface area (Å²) in [6, 6.07) is 13.2. The van der Waals surface area contributed by atoms with Crippen LogP contribution in [0.5, 0.6) is 34.5 Å². The van der Waals surface area contributed by atoms with Crippen LogP contribution in [0.25, 0.3) is 40.4 Å². The van der Waals surface area contributed by atoms with Gasteiger partial charge in [0, 0.05) is 46.8 Å². The van der Waals surface area contributed by atoms with Gasteiger partial charge in [-0.25, -0.2) is 0 Å². The van der Waals surface area contributed by atoms with E-state index in [1.165, 1.54) is 43.4 Å². The van der Waals surface area contributed by atoms with Crippen molar-refractivity contribution in [2.75, 3.05) is 40.1 Å². The van der Waals surface area contributed by atoms with Gasteiger partial charge in [0.15, 0.2) is 23.0 Å². The third-order valence-electron chi connectivity index (χ3n) is 13.4. The molecule has 0 aliphatic carbocycles. The summed E-state index contributed by atoms with van der Waals surface area (Å²) in [5.41, 5.74) is 2.09. The van der Waals surface area contributed by atoms with Crippen molar-refractivity contribution < 1.29 is 28.4 Å². The molecule has 1 unspecified atom stereocenters. The molecule has 2 aliphatic rings. The summed E-state index contributed by atoms with van der Waals surface area (Å²) < 4.78 is 40.5. The number of thiophene rings is 4. The van der Waals surface area contributed by atoms with Crippen LogP contribution in [-0.4, -0.2) is 48.0 Å². The summed E-state index contributed by atoms with van der Waals surface area (Å²) in [6.07, 6.45) is 18.5. The van der Waals surface area contributed by atoms with Crippen molar-refractivity contribution in [3.8, 4) is 74.9 Å². The van der Waals surface area contributed by atoms with Crippen molar-refractivity contribution in [2.24, 2.45) is 16.7 Å². The molecule has 2 aliphatic heterocycles. The van der Waals surface area contributed by atoms with Gasteiger partial charge < -0.3 is 28.4 Å². The van der Waals surface area contributed by atoms with Gasteiger partial charge in [-0.2, -0.15) is 0 Å². The molecule has 5 aromatic rings. The predicted octanol–water partition coefficient (Wildman–Crippen LogP) is 16.3. The second-order valence-electron chi connectivity index (χ2n) is 18.4. The topological polar surface area (TPSA) is 55.4 Å². The maximum atomic E-state index is 6.92. The second kappa shape index (κ2) is 23.1. The van der Waals surface area contributed by atoms with Crippen LogP contribution in [0, 0.1) is 16.7 Å². The lowest BCUT2D eigenvalue weighted by Crippen LogP contribution is -2.34. The third kappa shape index (κ3) is 11.2. The minimum atomic E-state index is -0.00517. The maximum Gasteiger partial charge on any atom is 0.180 e. The number of unbranched alkanes of at least 4 members (excludes halogenated alkanes) is 5. The van der Waals surface area contributed by atoms with Gasteiger partial charge in [-0.3, -0.25) is 0 Å². The number of fused-ring (bicyclic) bond motifs is 2. The Morgan fingerprint density at radius 2 is 1.09 bits per heavy atom. The third-order valence-corrected chi connectivity index (χ3v) is 17.9. The fraction of sp³-hybridized carbons (Fsp3) is 0.585. The maximum absolute atomic E-state index is 6.92. The van der Waals surface area contributed by atoms with Gasteiger partial charge in [-0.1, -0.05) is 112 Å². The van der Waals surface area contributed by atoms with Crippen LogP contribution >= 0.6 is 45.3 Å². The zero-order chi connectivity index (χ0) is 45.1. The molecule has 0 saturated heterocycles.